The zero-order valence-electron chi connectivity index (χ0n) is 24.8. The lowest BCUT2D eigenvalue weighted by molar-refractivity contribution is -0.129. The second-order valence-corrected chi connectivity index (χ2v) is 10.6. The molecule has 0 radical (unpaired) electrons. The number of carbonyl (C=O) groups excluding carboxylic acids is 6. The topological polar surface area (TPSA) is 211 Å². The Morgan fingerprint density at radius 3 is 2.18 bits per heavy atom. The number of urea groups is 1. The van der Waals surface area contributed by atoms with E-state index in [0.717, 1.165) is 5.56 Å². The molecule has 0 fully saturated rings. The third-order valence-corrected chi connectivity index (χ3v) is 6.69. The van der Waals surface area contributed by atoms with Gasteiger partial charge in [-0.2, -0.15) is 0 Å². The van der Waals surface area contributed by atoms with Crippen molar-refractivity contribution in [3.8, 4) is 5.75 Å². The van der Waals surface area contributed by atoms with E-state index in [0.29, 0.717) is 29.8 Å². The van der Waals surface area contributed by atoms with Crippen LogP contribution in [0.5, 0.6) is 5.75 Å². The number of rotatable bonds is 14. The van der Waals surface area contributed by atoms with Crippen LogP contribution < -0.4 is 31.7 Å². The van der Waals surface area contributed by atoms with E-state index in [1.54, 1.807) is 50.2 Å². The smallest absolute Gasteiger partial charge is 0.321 e. The molecule has 0 saturated heterocycles. The average molecular weight is 608 g/mol. The van der Waals surface area contributed by atoms with Crippen LogP contribution in [0.2, 0.25) is 0 Å². The highest BCUT2D eigenvalue weighted by atomic mass is 16.5. The molecule has 234 valence electrons. The Labute approximate surface area is 254 Å². The SMILES string of the molecule is Cc1ccc(NC(=O)C(N)CCCNC(=O)NC(=O)[C@@H](NC(=O)CCOc2ccc(C3C(=O)N=NC3=O)cc2)C(C)C)cc1. The Balaban J connectivity index is 1.34. The number of carbonyl (C=O) groups is 6. The van der Waals surface area contributed by atoms with Crippen LogP contribution in [0, 0.1) is 12.8 Å². The van der Waals surface area contributed by atoms with Gasteiger partial charge in [0, 0.05) is 12.2 Å². The van der Waals surface area contributed by atoms with Gasteiger partial charge in [0.25, 0.3) is 17.7 Å². The fourth-order valence-corrected chi connectivity index (χ4v) is 4.16. The maximum Gasteiger partial charge on any atom is 0.321 e. The Kier molecular flexibility index (Phi) is 12.2. The number of aryl methyl sites for hydroxylation is 1. The quantitative estimate of drug-likeness (QED) is 0.158. The molecule has 2 aromatic carbocycles. The molecule has 1 aliphatic heterocycles. The van der Waals surface area contributed by atoms with Crippen LogP contribution in [0.4, 0.5) is 10.5 Å². The number of hydrogen-bond donors (Lipinski definition) is 5. The summed E-state index contributed by atoms with van der Waals surface area (Å²) in [6.45, 7) is 5.57. The summed E-state index contributed by atoms with van der Waals surface area (Å²) < 4.78 is 5.56. The van der Waals surface area contributed by atoms with Crippen LogP contribution in [-0.2, 0) is 24.0 Å². The first kappa shape index (κ1) is 33.5. The molecule has 1 aliphatic rings. The van der Waals surface area contributed by atoms with Crippen LogP contribution in [0.1, 0.15) is 50.2 Å². The molecular weight excluding hydrogens is 570 g/mol. The van der Waals surface area contributed by atoms with Crippen LogP contribution in [0.15, 0.2) is 58.8 Å². The molecular formula is C30H37N7O7. The largest absolute Gasteiger partial charge is 0.493 e. The van der Waals surface area contributed by atoms with Gasteiger partial charge in [-0.05, 0) is 55.5 Å². The zero-order valence-corrected chi connectivity index (χ0v) is 24.8. The fourth-order valence-electron chi connectivity index (χ4n) is 4.16. The van der Waals surface area contributed by atoms with Gasteiger partial charge >= 0.3 is 6.03 Å². The highest BCUT2D eigenvalue weighted by Crippen LogP contribution is 2.26. The van der Waals surface area contributed by atoms with Gasteiger partial charge in [-0.15, -0.1) is 10.2 Å². The summed E-state index contributed by atoms with van der Waals surface area (Å²) in [7, 11) is 0. The molecule has 3 rings (SSSR count). The van der Waals surface area contributed by atoms with Gasteiger partial charge in [-0.3, -0.25) is 29.3 Å². The number of imide groups is 1. The molecule has 14 heteroatoms. The molecule has 6 N–H and O–H groups in total. The van der Waals surface area contributed by atoms with Gasteiger partial charge in [-0.1, -0.05) is 43.7 Å². The van der Waals surface area contributed by atoms with Gasteiger partial charge in [-0.25, -0.2) is 4.79 Å². The molecule has 7 amide bonds. The predicted molar refractivity (Wildman–Crippen MR) is 159 cm³/mol. The second kappa shape index (κ2) is 16.0. The number of ether oxygens (including phenoxy) is 1. The van der Waals surface area contributed by atoms with Crippen molar-refractivity contribution in [2.24, 2.45) is 21.9 Å². The normalized spacial score (nSPS) is 14.2. The molecule has 0 aliphatic carbocycles. The number of anilines is 1. The summed E-state index contributed by atoms with van der Waals surface area (Å²) >= 11 is 0. The minimum Gasteiger partial charge on any atom is -0.493 e. The van der Waals surface area contributed by atoms with E-state index >= 15 is 0 Å². The standard InChI is InChI=1S/C30H37N7O7/c1-17(2)25(34-23(38)14-16-44-21-12-8-19(9-13-21)24-27(40)36-37-28(24)41)29(42)35-30(43)32-15-4-5-22(31)26(39)33-20-10-6-18(3)7-11-20/h6-13,17,22,24-25H,4-5,14-16,31H2,1-3H3,(H,33,39)(H,34,38)(H2,32,35,42,43)/t22?,25-/m0/s1. The Morgan fingerprint density at radius 1 is 0.932 bits per heavy atom. The highest BCUT2D eigenvalue weighted by Gasteiger charge is 2.33. The molecule has 0 bridgehead atoms. The lowest BCUT2D eigenvalue weighted by Gasteiger charge is -2.21. The lowest BCUT2D eigenvalue weighted by atomic mass is 9.99. The van der Waals surface area contributed by atoms with E-state index in [-0.39, 0.29) is 31.4 Å². The molecule has 0 aromatic heterocycles. The summed E-state index contributed by atoms with van der Waals surface area (Å²) in [5.74, 6) is -3.66. The van der Waals surface area contributed by atoms with Crippen LogP contribution in [-0.4, -0.2) is 60.8 Å². The van der Waals surface area contributed by atoms with Gasteiger partial charge < -0.3 is 26.4 Å². The summed E-state index contributed by atoms with van der Waals surface area (Å²) in [6.07, 6.45) is 0.647. The van der Waals surface area contributed by atoms with Crippen molar-refractivity contribution in [3.05, 3.63) is 59.7 Å². The number of nitrogens with one attached hydrogen (secondary N) is 4. The highest BCUT2D eigenvalue weighted by molar-refractivity contribution is 6.09. The van der Waals surface area contributed by atoms with Crippen molar-refractivity contribution >= 4 is 41.3 Å². The van der Waals surface area contributed by atoms with Crippen LogP contribution >= 0.6 is 0 Å². The molecule has 0 spiro atoms. The van der Waals surface area contributed by atoms with Crippen molar-refractivity contribution in [2.45, 2.75) is 58.0 Å². The van der Waals surface area contributed by atoms with Crippen molar-refractivity contribution in [1.29, 1.82) is 0 Å². The predicted octanol–water partition coefficient (Wildman–Crippen LogP) is 2.08. The van der Waals surface area contributed by atoms with E-state index in [9.17, 15) is 28.8 Å². The maximum atomic E-state index is 12.7. The first-order chi connectivity index (χ1) is 20.9. The Hall–Kier alpha value is -4.98. The monoisotopic (exact) mass is 607 g/mol. The van der Waals surface area contributed by atoms with Crippen molar-refractivity contribution in [1.82, 2.24) is 16.0 Å². The van der Waals surface area contributed by atoms with Gasteiger partial charge in [0.2, 0.25) is 11.8 Å². The number of benzene rings is 2. The molecule has 2 aromatic rings. The molecule has 1 heterocycles. The van der Waals surface area contributed by atoms with E-state index in [2.05, 4.69) is 31.5 Å². The number of amides is 7. The Morgan fingerprint density at radius 2 is 1.57 bits per heavy atom. The first-order valence-electron chi connectivity index (χ1n) is 14.2. The summed E-state index contributed by atoms with van der Waals surface area (Å²) in [4.78, 5) is 73.1. The maximum absolute atomic E-state index is 12.7. The molecule has 14 nitrogen and oxygen atoms in total. The minimum atomic E-state index is -1.04. The van der Waals surface area contributed by atoms with E-state index in [4.69, 9.17) is 10.5 Å². The second-order valence-electron chi connectivity index (χ2n) is 10.6. The minimum absolute atomic E-state index is 0.00473. The Bertz CT molecular complexity index is 1370. The summed E-state index contributed by atoms with van der Waals surface area (Å²) in [6, 6.07) is 11.1. The van der Waals surface area contributed by atoms with Gasteiger partial charge in [0.15, 0.2) is 0 Å². The van der Waals surface area contributed by atoms with Crippen LogP contribution in [0.25, 0.3) is 0 Å². The molecule has 2 atom stereocenters. The average Bonchev–Trinajstić information content (AvgIpc) is 3.32. The molecule has 44 heavy (non-hydrogen) atoms. The summed E-state index contributed by atoms with van der Waals surface area (Å²) in [5.41, 5.74) is 8.10. The zero-order chi connectivity index (χ0) is 32.2. The number of nitrogens with two attached hydrogens (primary N) is 1. The fraction of sp³-hybridized carbons (Fsp3) is 0.400. The lowest BCUT2D eigenvalue weighted by Crippen LogP contribution is -2.53. The van der Waals surface area contributed by atoms with Crippen molar-refractivity contribution in [3.63, 3.8) is 0 Å². The van der Waals surface area contributed by atoms with Crippen molar-refractivity contribution < 1.29 is 33.5 Å². The van der Waals surface area contributed by atoms with E-state index in [1.165, 1.54) is 0 Å². The third-order valence-electron chi connectivity index (χ3n) is 6.69. The van der Waals surface area contributed by atoms with Gasteiger partial charge in [0.1, 0.15) is 17.7 Å². The first-order valence-corrected chi connectivity index (χ1v) is 14.2. The van der Waals surface area contributed by atoms with Crippen LogP contribution in [0.3, 0.4) is 0 Å². The third kappa shape index (κ3) is 10.1. The number of hydrogen-bond acceptors (Lipinski definition) is 8. The van der Waals surface area contributed by atoms with E-state index < -0.39 is 47.7 Å². The number of azo groups is 1. The number of nitrogens with zero attached hydrogens (tertiary/aromatic N) is 2. The molecule has 1 unspecified atom stereocenters. The van der Waals surface area contributed by atoms with Gasteiger partial charge in [0.05, 0.1) is 19.1 Å². The van der Waals surface area contributed by atoms with Crippen molar-refractivity contribution in [2.75, 3.05) is 18.5 Å². The van der Waals surface area contributed by atoms with E-state index in [1.807, 2.05) is 19.1 Å². The molecule has 0 saturated carbocycles. The summed E-state index contributed by atoms with van der Waals surface area (Å²) in [5, 5.41) is 16.7.